The zero-order chi connectivity index (χ0) is 17.4. The van der Waals surface area contributed by atoms with E-state index in [1.165, 1.54) is 5.56 Å². The van der Waals surface area contributed by atoms with Crippen LogP contribution in [0.4, 0.5) is 5.69 Å². The maximum atomic E-state index is 13.0. The Hall–Kier alpha value is -2.34. The molecule has 1 aromatic carbocycles. The number of aryl methyl sites for hydroxylation is 2. The molecule has 0 saturated heterocycles. The van der Waals surface area contributed by atoms with Crippen molar-refractivity contribution in [2.75, 3.05) is 11.9 Å². The lowest BCUT2D eigenvalue weighted by Crippen LogP contribution is -2.41. The van der Waals surface area contributed by atoms with Crippen LogP contribution in [0.3, 0.4) is 0 Å². The molecule has 6 nitrogen and oxygen atoms in total. The normalized spacial score (nSPS) is 23.1. The molecule has 1 amide bonds. The molecule has 25 heavy (non-hydrogen) atoms. The Morgan fingerprint density at radius 2 is 2.28 bits per heavy atom. The number of nitrogens with one attached hydrogen (secondary N) is 2. The number of aliphatic hydroxyl groups excluding tert-OH is 1. The van der Waals surface area contributed by atoms with Gasteiger partial charge >= 0.3 is 0 Å². The Balaban J connectivity index is 1.59. The predicted molar refractivity (Wildman–Crippen MR) is 95.4 cm³/mol. The van der Waals surface area contributed by atoms with E-state index in [2.05, 4.69) is 21.8 Å². The van der Waals surface area contributed by atoms with Crippen molar-refractivity contribution in [2.24, 2.45) is 13.0 Å². The van der Waals surface area contributed by atoms with Gasteiger partial charge in [0.05, 0.1) is 29.6 Å². The molecule has 0 unspecified atom stereocenters. The number of hydrogen-bond acceptors (Lipinski definition) is 4. The SMILES string of the molecule is Cn1cc([C@@H](NC(=O)c2cccc3c2NCCC3)C2CC(O)C2)cn1. The molecule has 0 bridgehead atoms. The zero-order valence-corrected chi connectivity index (χ0v) is 14.4. The molecule has 132 valence electrons. The number of carbonyl (C=O) groups is 1. The van der Waals surface area contributed by atoms with Gasteiger partial charge < -0.3 is 15.7 Å². The first-order valence-corrected chi connectivity index (χ1v) is 8.95. The number of anilines is 1. The van der Waals surface area contributed by atoms with Gasteiger partial charge in [0, 0.05) is 25.4 Å². The maximum absolute atomic E-state index is 13.0. The molecule has 1 aliphatic heterocycles. The highest BCUT2D eigenvalue weighted by Crippen LogP contribution is 2.38. The Morgan fingerprint density at radius 1 is 1.44 bits per heavy atom. The van der Waals surface area contributed by atoms with E-state index in [0.717, 1.165) is 30.6 Å². The van der Waals surface area contributed by atoms with Crippen LogP contribution in [0.5, 0.6) is 0 Å². The number of hydrogen-bond donors (Lipinski definition) is 3. The van der Waals surface area contributed by atoms with Crippen molar-refractivity contribution < 1.29 is 9.90 Å². The first-order valence-electron chi connectivity index (χ1n) is 8.95. The smallest absolute Gasteiger partial charge is 0.253 e. The van der Waals surface area contributed by atoms with Crippen molar-refractivity contribution in [1.82, 2.24) is 15.1 Å². The van der Waals surface area contributed by atoms with Crippen molar-refractivity contribution in [3.8, 4) is 0 Å². The van der Waals surface area contributed by atoms with Gasteiger partial charge in [-0.3, -0.25) is 9.48 Å². The molecule has 1 aromatic heterocycles. The standard InChI is InChI=1S/C19H24N4O2/c1-23-11-14(10-21-23)17(13-8-15(24)9-13)22-19(25)16-6-2-4-12-5-3-7-20-18(12)16/h2,4,6,10-11,13,15,17,20,24H,3,5,7-9H2,1H3,(H,22,25)/t13?,15?,17-/m0/s1. The van der Waals surface area contributed by atoms with Crippen LogP contribution in [0.15, 0.2) is 30.6 Å². The molecular weight excluding hydrogens is 316 g/mol. The number of fused-ring (bicyclic) bond motifs is 1. The summed E-state index contributed by atoms with van der Waals surface area (Å²) in [5.41, 5.74) is 3.86. The first kappa shape index (κ1) is 16.1. The Morgan fingerprint density at radius 3 is 3.00 bits per heavy atom. The summed E-state index contributed by atoms with van der Waals surface area (Å²) in [6.45, 7) is 0.901. The van der Waals surface area contributed by atoms with Gasteiger partial charge in [-0.2, -0.15) is 5.10 Å². The molecule has 0 radical (unpaired) electrons. The fourth-order valence-corrected chi connectivity index (χ4v) is 3.89. The lowest BCUT2D eigenvalue weighted by atomic mass is 9.75. The van der Waals surface area contributed by atoms with Gasteiger partial charge in [-0.15, -0.1) is 0 Å². The van der Waals surface area contributed by atoms with Gasteiger partial charge in [-0.1, -0.05) is 12.1 Å². The number of benzene rings is 1. The summed E-state index contributed by atoms with van der Waals surface area (Å²) in [6, 6.07) is 5.79. The monoisotopic (exact) mass is 340 g/mol. The molecule has 2 heterocycles. The zero-order valence-electron chi connectivity index (χ0n) is 14.4. The van der Waals surface area contributed by atoms with Crippen LogP contribution in [0.1, 0.15) is 46.8 Å². The van der Waals surface area contributed by atoms with E-state index < -0.39 is 0 Å². The third kappa shape index (κ3) is 3.14. The van der Waals surface area contributed by atoms with Crippen molar-refractivity contribution >= 4 is 11.6 Å². The van der Waals surface area contributed by atoms with Crippen LogP contribution in [-0.4, -0.2) is 33.4 Å². The average Bonchev–Trinajstić information content (AvgIpc) is 3.02. The first-order chi connectivity index (χ1) is 12.1. The second-order valence-corrected chi connectivity index (χ2v) is 7.15. The number of rotatable bonds is 4. The lowest BCUT2D eigenvalue weighted by Gasteiger charge is -2.37. The highest BCUT2D eigenvalue weighted by atomic mass is 16.3. The van der Waals surface area contributed by atoms with Gasteiger partial charge in [-0.05, 0) is 43.2 Å². The second kappa shape index (κ2) is 6.52. The number of nitrogens with zero attached hydrogens (tertiary/aromatic N) is 2. The minimum atomic E-state index is -0.257. The van der Waals surface area contributed by atoms with Crippen LogP contribution >= 0.6 is 0 Å². The van der Waals surface area contributed by atoms with Gasteiger partial charge in [0.25, 0.3) is 5.91 Å². The van der Waals surface area contributed by atoms with Crippen molar-refractivity contribution in [2.45, 2.75) is 37.8 Å². The molecule has 1 fully saturated rings. The molecule has 2 aliphatic rings. The van der Waals surface area contributed by atoms with Crippen molar-refractivity contribution in [1.29, 1.82) is 0 Å². The number of carbonyl (C=O) groups excluding carboxylic acids is 1. The van der Waals surface area contributed by atoms with Gasteiger partial charge in [0.1, 0.15) is 0 Å². The van der Waals surface area contributed by atoms with E-state index >= 15 is 0 Å². The minimum absolute atomic E-state index is 0.0681. The largest absolute Gasteiger partial charge is 0.393 e. The minimum Gasteiger partial charge on any atom is -0.393 e. The van der Waals surface area contributed by atoms with Gasteiger partial charge in [0.2, 0.25) is 0 Å². The molecule has 3 N–H and O–H groups in total. The number of amides is 1. The maximum Gasteiger partial charge on any atom is 0.253 e. The van der Waals surface area contributed by atoms with Crippen molar-refractivity contribution in [3.63, 3.8) is 0 Å². The number of para-hydroxylation sites is 1. The van der Waals surface area contributed by atoms with Crippen LogP contribution in [-0.2, 0) is 13.5 Å². The van der Waals surface area contributed by atoms with Crippen LogP contribution in [0.25, 0.3) is 0 Å². The lowest BCUT2D eigenvalue weighted by molar-refractivity contribution is 0.0235. The predicted octanol–water partition coefficient (Wildman–Crippen LogP) is 2.02. The summed E-state index contributed by atoms with van der Waals surface area (Å²) in [5, 5.41) is 20.5. The molecule has 4 rings (SSSR count). The Kier molecular flexibility index (Phi) is 4.21. The quantitative estimate of drug-likeness (QED) is 0.796. The van der Waals surface area contributed by atoms with Gasteiger partial charge in [-0.25, -0.2) is 0 Å². The van der Waals surface area contributed by atoms with Crippen LogP contribution in [0.2, 0.25) is 0 Å². The summed E-state index contributed by atoms with van der Waals surface area (Å²) < 4.78 is 1.75. The molecule has 1 saturated carbocycles. The van der Waals surface area contributed by atoms with Crippen molar-refractivity contribution in [3.05, 3.63) is 47.3 Å². The molecule has 0 spiro atoms. The summed E-state index contributed by atoms with van der Waals surface area (Å²) in [4.78, 5) is 13.0. The topological polar surface area (TPSA) is 79.2 Å². The molecule has 2 aromatic rings. The Labute approximate surface area is 147 Å². The highest BCUT2D eigenvalue weighted by Gasteiger charge is 2.36. The van der Waals surface area contributed by atoms with E-state index in [-0.39, 0.29) is 24.0 Å². The van der Waals surface area contributed by atoms with E-state index in [1.54, 1.807) is 10.9 Å². The van der Waals surface area contributed by atoms with E-state index in [0.29, 0.717) is 18.4 Å². The van der Waals surface area contributed by atoms with Gasteiger partial charge in [0.15, 0.2) is 0 Å². The number of aromatic nitrogens is 2. The summed E-state index contributed by atoms with van der Waals surface area (Å²) in [7, 11) is 1.87. The van der Waals surface area contributed by atoms with E-state index in [1.807, 2.05) is 25.4 Å². The molecular formula is C19H24N4O2. The molecule has 6 heteroatoms. The summed E-state index contributed by atoms with van der Waals surface area (Å²) >= 11 is 0. The molecule has 1 aliphatic carbocycles. The van der Waals surface area contributed by atoms with Crippen LogP contribution < -0.4 is 10.6 Å². The fourth-order valence-electron chi connectivity index (χ4n) is 3.89. The second-order valence-electron chi connectivity index (χ2n) is 7.15. The fraction of sp³-hybridized carbons (Fsp3) is 0.474. The molecule has 1 atom stereocenters. The Bertz CT molecular complexity index is 779. The third-order valence-electron chi connectivity index (χ3n) is 5.31. The average molecular weight is 340 g/mol. The third-order valence-corrected chi connectivity index (χ3v) is 5.31. The van der Waals surface area contributed by atoms with Crippen LogP contribution in [0, 0.1) is 5.92 Å². The van der Waals surface area contributed by atoms with E-state index in [9.17, 15) is 9.90 Å². The number of aliphatic hydroxyl groups is 1. The highest BCUT2D eigenvalue weighted by molar-refractivity contribution is 6.00. The van der Waals surface area contributed by atoms with E-state index in [4.69, 9.17) is 0 Å². The summed E-state index contributed by atoms with van der Waals surface area (Å²) in [5.74, 6) is 0.178. The summed E-state index contributed by atoms with van der Waals surface area (Å²) in [6.07, 6.45) is 7.01.